The Hall–Kier alpha value is -7.08. The normalized spacial score (nSPS) is 25.5. The molecule has 0 radical (unpaired) electrons. The molecule has 3 aromatic heterocycles. The van der Waals surface area contributed by atoms with Crippen LogP contribution in [0.15, 0.2) is 96.2 Å². The van der Waals surface area contributed by atoms with Crippen molar-refractivity contribution >= 4 is 61.2 Å². The first-order valence-corrected chi connectivity index (χ1v) is 32.1. The van der Waals surface area contributed by atoms with Gasteiger partial charge in [-0.15, -0.1) is 0 Å². The van der Waals surface area contributed by atoms with Crippen molar-refractivity contribution in [3.05, 3.63) is 124 Å². The summed E-state index contributed by atoms with van der Waals surface area (Å²) in [6.07, 6.45) is 11.0. The third-order valence-electron chi connectivity index (χ3n) is 19.8. The predicted molar refractivity (Wildman–Crippen MR) is 328 cm³/mol. The van der Waals surface area contributed by atoms with Crippen molar-refractivity contribution in [2.45, 2.75) is 126 Å². The molecular formula is C64H79N11O10S. The van der Waals surface area contributed by atoms with Crippen LogP contribution in [0.5, 0.6) is 11.6 Å². The van der Waals surface area contributed by atoms with Crippen LogP contribution in [0, 0.1) is 28.4 Å². The Labute approximate surface area is 502 Å². The number of H-pyrrole nitrogens is 1. The van der Waals surface area contributed by atoms with Crippen molar-refractivity contribution in [1.82, 2.24) is 29.5 Å². The molecular weight excluding hydrogens is 1110 g/mol. The van der Waals surface area contributed by atoms with Crippen molar-refractivity contribution < 1.29 is 42.2 Å². The molecule has 13 rings (SSSR count). The fraction of sp³-hybridized carbons (Fsp3) is 0.516. The number of nitrogens with one attached hydrogen (secondary N) is 3. The summed E-state index contributed by atoms with van der Waals surface area (Å²) < 4.78 is 55.1. The van der Waals surface area contributed by atoms with E-state index in [1.807, 2.05) is 43.6 Å². The SMILES string of the molecule is COc1cc(CN2CCN(C3CC4(CCN(c5ccc(C(=O)NS(=O)(=O)c6ccc(NC[C@H]7CC[C@](C)(O)CC7)c([N+](=O)[O-])c6)c(N6c7cc8cc[nH]c8nc7O[C@H]7COCC[C@@H]76)c5)CC4)C3)[C@H](c3ccccc3C)C2)cnc1N1CCOC[C@H]1C. The number of hydrogen-bond donors (Lipinski definition) is 4. The van der Waals surface area contributed by atoms with Crippen molar-refractivity contribution in [3.63, 3.8) is 0 Å². The number of benzene rings is 3. The molecule has 0 unspecified atom stereocenters. The number of sulfonamides is 1. The van der Waals surface area contributed by atoms with Crippen LogP contribution < -0.4 is 34.2 Å². The third-order valence-corrected chi connectivity index (χ3v) is 21.1. The van der Waals surface area contributed by atoms with E-state index >= 15 is 0 Å². The number of aromatic nitrogens is 3. The number of aliphatic hydroxyl groups is 1. The number of nitro groups is 1. The number of methoxy groups -OCH3 is 1. The highest BCUT2D eigenvalue weighted by Crippen LogP contribution is 2.54. The molecule has 2 saturated carbocycles. The fourth-order valence-corrected chi connectivity index (χ4v) is 15.7. The number of nitro benzene ring substituents is 1. The molecule has 6 fully saturated rings. The van der Waals surface area contributed by atoms with Gasteiger partial charge in [-0.3, -0.25) is 24.7 Å². The second kappa shape index (κ2) is 23.5. The molecule has 3 aromatic carbocycles. The monoisotopic (exact) mass is 1190 g/mol. The topological polar surface area (TPSA) is 233 Å². The minimum atomic E-state index is -4.65. The van der Waals surface area contributed by atoms with Gasteiger partial charge >= 0.3 is 0 Å². The first-order chi connectivity index (χ1) is 41.5. The first kappa shape index (κ1) is 58.0. The molecule has 7 aliphatic rings. The molecule has 4 saturated heterocycles. The Morgan fingerprint density at radius 1 is 0.930 bits per heavy atom. The second-order valence-electron chi connectivity index (χ2n) is 25.5. The summed E-state index contributed by atoms with van der Waals surface area (Å²) in [5, 5.41) is 26.9. The van der Waals surface area contributed by atoms with Gasteiger partial charge in [-0.2, -0.15) is 4.98 Å². The highest BCUT2D eigenvalue weighted by Gasteiger charge is 2.50. The van der Waals surface area contributed by atoms with Gasteiger partial charge < -0.3 is 49.1 Å². The van der Waals surface area contributed by atoms with Gasteiger partial charge in [-0.1, -0.05) is 24.3 Å². The van der Waals surface area contributed by atoms with Crippen LogP contribution in [0.4, 0.5) is 34.3 Å². The van der Waals surface area contributed by atoms with Gasteiger partial charge in [-0.25, -0.2) is 18.1 Å². The second-order valence-corrected chi connectivity index (χ2v) is 27.1. The lowest BCUT2D eigenvalue weighted by Gasteiger charge is -2.58. The van der Waals surface area contributed by atoms with Crippen LogP contribution in [0.3, 0.4) is 0 Å². The highest BCUT2D eigenvalue weighted by atomic mass is 32.2. The average Bonchev–Trinajstić information content (AvgIpc) is 1.55. The lowest BCUT2D eigenvalue weighted by atomic mass is 9.59. The van der Waals surface area contributed by atoms with Gasteiger partial charge in [0, 0.05) is 101 Å². The quantitative estimate of drug-likeness (QED) is 0.0555. The summed E-state index contributed by atoms with van der Waals surface area (Å²) in [5.41, 5.74) is 5.82. The van der Waals surface area contributed by atoms with Crippen molar-refractivity contribution in [1.29, 1.82) is 0 Å². The molecule has 22 heteroatoms. The number of nitrogens with zero attached hydrogens (tertiary/aromatic N) is 8. The Morgan fingerprint density at radius 2 is 1.73 bits per heavy atom. The number of pyridine rings is 2. The molecule has 5 aliphatic heterocycles. The summed E-state index contributed by atoms with van der Waals surface area (Å²) in [6, 6.07) is 24.8. The minimum absolute atomic E-state index is 0.107. The maximum absolute atomic E-state index is 14.9. The van der Waals surface area contributed by atoms with Crippen molar-refractivity contribution in [2.75, 3.05) is 99.4 Å². The van der Waals surface area contributed by atoms with Crippen molar-refractivity contribution in [2.24, 2.45) is 11.3 Å². The minimum Gasteiger partial charge on any atom is -0.493 e. The fourth-order valence-electron chi connectivity index (χ4n) is 14.8. The van der Waals surface area contributed by atoms with E-state index < -0.39 is 43.1 Å². The van der Waals surface area contributed by atoms with Crippen LogP contribution in [-0.4, -0.2) is 158 Å². The van der Waals surface area contributed by atoms with Gasteiger partial charge in [0.05, 0.1) is 65.7 Å². The third kappa shape index (κ3) is 11.6. The number of piperidine rings is 1. The van der Waals surface area contributed by atoms with Crippen LogP contribution in [0.25, 0.3) is 11.0 Å². The van der Waals surface area contributed by atoms with Crippen LogP contribution >= 0.6 is 0 Å². The Morgan fingerprint density at radius 3 is 2.51 bits per heavy atom. The number of anilines is 5. The zero-order valence-corrected chi connectivity index (χ0v) is 50.4. The van der Waals surface area contributed by atoms with E-state index in [1.165, 1.54) is 23.3 Å². The van der Waals surface area contributed by atoms with E-state index in [0.29, 0.717) is 81.2 Å². The van der Waals surface area contributed by atoms with Crippen LogP contribution in [-0.2, 0) is 26.0 Å². The lowest BCUT2D eigenvalue weighted by Crippen LogP contribution is -2.59. The molecule has 0 bridgehead atoms. The van der Waals surface area contributed by atoms with Gasteiger partial charge in [0.1, 0.15) is 23.1 Å². The molecule has 8 heterocycles. The zero-order chi connectivity index (χ0) is 59.5. The number of carbonyl (C=O) groups excluding carboxylic acids is 1. The number of rotatable bonds is 15. The number of carbonyl (C=O) groups is 1. The molecule has 4 atom stereocenters. The summed E-state index contributed by atoms with van der Waals surface area (Å²) in [6.45, 7) is 14.7. The lowest BCUT2D eigenvalue weighted by molar-refractivity contribution is -0.384. The number of morpholine rings is 1. The van der Waals surface area contributed by atoms with E-state index in [9.17, 15) is 28.4 Å². The Bertz CT molecular complexity index is 3610. The summed E-state index contributed by atoms with van der Waals surface area (Å²) in [4.78, 5) is 51.4. The molecule has 1 spiro atoms. The first-order valence-electron chi connectivity index (χ1n) is 30.6. The molecule has 4 N–H and O–H groups in total. The number of piperazine rings is 1. The van der Waals surface area contributed by atoms with E-state index in [0.717, 1.165) is 119 Å². The van der Waals surface area contributed by atoms with Gasteiger partial charge in [-0.05, 0) is 155 Å². The zero-order valence-electron chi connectivity index (χ0n) is 49.6. The van der Waals surface area contributed by atoms with Gasteiger partial charge in [0.2, 0.25) is 5.88 Å². The van der Waals surface area contributed by atoms with Crippen LogP contribution in [0.1, 0.15) is 105 Å². The molecule has 21 nitrogen and oxygen atoms in total. The average molecular weight is 1190 g/mol. The smallest absolute Gasteiger partial charge is 0.293 e. The molecule has 1 amide bonds. The number of hydrogen-bond acceptors (Lipinski definition) is 18. The number of fused-ring (bicyclic) bond motifs is 3. The van der Waals surface area contributed by atoms with E-state index in [4.69, 9.17) is 28.9 Å². The predicted octanol–water partition coefficient (Wildman–Crippen LogP) is 8.88. The summed E-state index contributed by atoms with van der Waals surface area (Å²) in [5.74, 6) is 1.33. The molecule has 6 aromatic rings. The van der Waals surface area contributed by atoms with E-state index in [2.05, 4.69) is 83.7 Å². The number of aryl methyl sites for hydroxylation is 1. The van der Waals surface area contributed by atoms with Crippen molar-refractivity contribution in [3.8, 4) is 11.6 Å². The van der Waals surface area contributed by atoms with Gasteiger partial charge in [0.15, 0.2) is 11.6 Å². The molecule has 456 valence electrons. The number of aromatic amines is 1. The molecule has 2 aliphatic carbocycles. The van der Waals surface area contributed by atoms with E-state index in [1.54, 1.807) is 13.2 Å². The maximum Gasteiger partial charge on any atom is 0.293 e. The van der Waals surface area contributed by atoms with E-state index in [-0.39, 0.29) is 40.7 Å². The largest absolute Gasteiger partial charge is 0.493 e. The van der Waals surface area contributed by atoms with Gasteiger partial charge in [0.25, 0.3) is 21.6 Å². The van der Waals surface area contributed by atoms with Crippen LogP contribution in [0.2, 0.25) is 0 Å². The summed E-state index contributed by atoms with van der Waals surface area (Å²) >= 11 is 0. The Kier molecular flexibility index (Phi) is 15.9. The standard InChI is InChI=1S/C64H79N11O10S/c1-41-7-5-6-8-49(41)56-38-70(37-44-29-57(82-4)60(67-36-44)72-26-28-84-39-42(72)2)24-25-73(56)47-33-64(34-47)19-22-71(23-20-64)46-9-11-50(53(31-46)74-52-16-27-83-40-58(52)85-62-55(74)30-45-15-21-65-59(45)68-62)61(76)69-86(80,81)48-10-12-51(54(32-48)75(78)79)66-35-43-13-17-63(3,77)18-14-43/h5-12,15,21,29-32,36,42-43,47,52,56,58,66,77H,13-14,16-20,22-28,33-35,37-40H2,1-4H3,(H,65,68)(H,69,76)/t42-,43-,52+,56+,58+,63-/m1/s1. The maximum atomic E-state index is 14.9. The molecule has 86 heavy (non-hydrogen) atoms. The number of amides is 1. The number of ether oxygens (including phenoxy) is 4. The summed E-state index contributed by atoms with van der Waals surface area (Å²) in [7, 11) is -2.92. The highest BCUT2D eigenvalue weighted by molar-refractivity contribution is 7.90. The Balaban J connectivity index is 0.735.